The number of halogens is 1. The van der Waals surface area contributed by atoms with E-state index in [9.17, 15) is 4.39 Å². The Hall–Kier alpha value is -1.68. The van der Waals surface area contributed by atoms with Crippen molar-refractivity contribution < 1.29 is 4.39 Å². The van der Waals surface area contributed by atoms with Gasteiger partial charge in [0.2, 0.25) is 0 Å². The molecule has 1 unspecified atom stereocenters. The molecule has 18 heavy (non-hydrogen) atoms. The van der Waals surface area contributed by atoms with E-state index in [4.69, 9.17) is 0 Å². The average molecular weight is 247 g/mol. The zero-order chi connectivity index (χ0) is 13.0. The molecule has 2 aromatic rings. The summed E-state index contributed by atoms with van der Waals surface area (Å²) in [4.78, 5) is 0. The highest BCUT2D eigenvalue weighted by atomic mass is 19.1. The van der Waals surface area contributed by atoms with Crippen molar-refractivity contribution in [2.45, 2.75) is 33.0 Å². The van der Waals surface area contributed by atoms with Gasteiger partial charge in [0.25, 0.3) is 0 Å². The van der Waals surface area contributed by atoms with Gasteiger partial charge >= 0.3 is 0 Å². The van der Waals surface area contributed by atoms with E-state index in [0.29, 0.717) is 12.1 Å². The summed E-state index contributed by atoms with van der Waals surface area (Å²) in [5.74, 6) is -0.170. The van der Waals surface area contributed by atoms with Crippen molar-refractivity contribution in [3.05, 3.63) is 53.6 Å². The number of hydrogen-bond donors (Lipinski definition) is 1. The number of nitrogens with zero attached hydrogens (tertiary/aromatic N) is 2. The fourth-order valence-corrected chi connectivity index (χ4v) is 1.79. The number of aryl methyl sites for hydroxylation is 1. The second-order valence-corrected chi connectivity index (χ2v) is 4.29. The lowest BCUT2D eigenvalue weighted by Gasteiger charge is -2.11. The van der Waals surface area contributed by atoms with Gasteiger partial charge in [-0.3, -0.25) is 4.68 Å². The third-order valence-electron chi connectivity index (χ3n) is 2.99. The summed E-state index contributed by atoms with van der Waals surface area (Å²) >= 11 is 0. The van der Waals surface area contributed by atoms with Gasteiger partial charge in [0, 0.05) is 30.9 Å². The Balaban J connectivity index is 1.96. The monoisotopic (exact) mass is 247 g/mol. The van der Waals surface area contributed by atoms with Crippen LogP contribution in [0, 0.1) is 5.82 Å². The normalized spacial score (nSPS) is 12.6. The first-order chi connectivity index (χ1) is 8.70. The molecular formula is C14H18FN3. The van der Waals surface area contributed by atoms with Crippen LogP contribution >= 0.6 is 0 Å². The van der Waals surface area contributed by atoms with Gasteiger partial charge in [0.05, 0.1) is 5.69 Å². The molecule has 0 radical (unpaired) electrons. The van der Waals surface area contributed by atoms with Gasteiger partial charge < -0.3 is 5.32 Å². The van der Waals surface area contributed by atoms with Crippen molar-refractivity contribution in [3.63, 3.8) is 0 Å². The highest BCUT2D eigenvalue weighted by Crippen LogP contribution is 2.12. The summed E-state index contributed by atoms with van der Waals surface area (Å²) in [5, 5.41) is 7.70. The molecule has 0 fully saturated rings. The van der Waals surface area contributed by atoms with E-state index >= 15 is 0 Å². The van der Waals surface area contributed by atoms with Crippen LogP contribution in [0.25, 0.3) is 0 Å². The zero-order valence-corrected chi connectivity index (χ0v) is 10.7. The molecule has 1 heterocycles. The lowest BCUT2D eigenvalue weighted by molar-refractivity contribution is 0.525. The summed E-state index contributed by atoms with van der Waals surface area (Å²) in [6, 6.07) is 8.91. The maximum Gasteiger partial charge on any atom is 0.127 e. The first-order valence-electron chi connectivity index (χ1n) is 6.21. The van der Waals surface area contributed by atoms with Crippen molar-refractivity contribution in [2.24, 2.45) is 0 Å². The molecule has 4 heteroatoms. The predicted molar refractivity (Wildman–Crippen MR) is 69.6 cm³/mol. The molecule has 0 amide bonds. The highest BCUT2D eigenvalue weighted by Gasteiger charge is 2.09. The van der Waals surface area contributed by atoms with Crippen LogP contribution in [0.5, 0.6) is 0 Å². The molecule has 0 aliphatic rings. The standard InChI is InChI=1S/C14H18FN3/c1-3-18-9-8-14(17-18)11(2)16-10-12-6-4-5-7-13(12)15/h4-9,11,16H,3,10H2,1-2H3. The quantitative estimate of drug-likeness (QED) is 0.880. The van der Waals surface area contributed by atoms with E-state index in [1.165, 1.54) is 6.07 Å². The minimum atomic E-state index is -0.170. The highest BCUT2D eigenvalue weighted by molar-refractivity contribution is 5.17. The molecule has 0 saturated carbocycles. The maximum absolute atomic E-state index is 13.4. The van der Waals surface area contributed by atoms with Gasteiger partial charge in [-0.25, -0.2) is 4.39 Å². The van der Waals surface area contributed by atoms with Crippen molar-refractivity contribution in [3.8, 4) is 0 Å². The molecule has 96 valence electrons. The van der Waals surface area contributed by atoms with Crippen LogP contribution in [0.4, 0.5) is 4.39 Å². The van der Waals surface area contributed by atoms with Gasteiger partial charge in [0.1, 0.15) is 5.82 Å². The SMILES string of the molecule is CCn1ccc(C(C)NCc2ccccc2F)n1. The average Bonchev–Trinajstić information content (AvgIpc) is 2.86. The minimum Gasteiger partial charge on any atom is -0.305 e. The summed E-state index contributed by atoms with van der Waals surface area (Å²) in [6.45, 7) is 5.45. The van der Waals surface area contributed by atoms with Gasteiger partial charge in [-0.1, -0.05) is 18.2 Å². The van der Waals surface area contributed by atoms with E-state index < -0.39 is 0 Å². The maximum atomic E-state index is 13.4. The van der Waals surface area contributed by atoms with Crippen LogP contribution in [0.2, 0.25) is 0 Å². The Labute approximate surface area is 107 Å². The Kier molecular flexibility index (Phi) is 4.10. The molecule has 1 atom stereocenters. The number of nitrogens with one attached hydrogen (secondary N) is 1. The van der Waals surface area contributed by atoms with Crippen molar-refractivity contribution in [2.75, 3.05) is 0 Å². The Morgan fingerprint density at radius 2 is 2.11 bits per heavy atom. The molecule has 0 spiro atoms. The largest absolute Gasteiger partial charge is 0.305 e. The summed E-state index contributed by atoms with van der Waals surface area (Å²) in [5.41, 5.74) is 1.66. The smallest absolute Gasteiger partial charge is 0.127 e. The van der Waals surface area contributed by atoms with E-state index in [0.717, 1.165) is 12.2 Å². The molecule has 0 saturated heterocycles. The number of rotatable bonds is 5. The second-order valence-electron chi connectivity index (χ2n) is 4.29. The molecule has 0 aliphatic heterocycles. The molecule has 1 N–H and O–H groups in total. The lowest BCUT2D eigenvalue weighted by atomic mass is 10.2. The number of aromatic nitrogens is 2. The van der Waals surface area contributed by atoms with Gasteiger partial charge in [-0.2, -0.15) is 5.10 Å². The molecule has 0 bridgehead atoms. The molecule has 1 aromatic carbocycles. The number of hydrogen-bond acceptors (Lipinski definition) is 2. The van der Waals surface area contributed by atoms with Crippen LogP contribution < -0.4 is 5.32 Å². The van der Waals surface area contributed by atoms with Crippen LogP contribution in [-0.2, 0) is 13.1 Å². The van der Waals surface area contributed by atoms with Crippen molar-refractivity contribution >= 4 is 0 Å². The van der Waals surface area contributed by atoms with Crippen LogP contribution in [-0.4, -0.2) is 9.78 Å². The van der Waals surface area contributed by atoms with Crippen LogP contribution in [0.15, 0.2) is 36.5 Å². The molecule has 0 aliphatic carbocycles. The van der Waals surface area contributed by atoms with Crippen molar-refractivity contribution in [1.29, 1.82) is 0 Å². The molecular weight excluding hydrogens is 229 g/mol. The zero-order valence-electron chi connectivity index (χ0n) is 10.7. The number of benzene rings is 1. The van der Waals surface area contributed by atoms with E-state index in [2.05, 4.69) is 10.4 Å². The lowest BCUT2D eigenvalue weighted by Crippen LogP contribution is -2.19. The third kappa shape index (κ3) is 2.96. The van der Waals surface area contributed by atoms with E-state index in [1.807, 2.05) is 36.9 Å². The Morgan fingerprint density at radius 1 is 1.33 bits per heavy atom. The topological polar surface area (TPSA) is 29.9 Å². The predicted octanol–water partition coefficient (Wildman–Crippen LogP) is 2.89. The fraction of sp³-hybridized carbons (Fsp3) is 0.357. The Morgan fingerprint density at radius 3 is 2.78 bits per heavy atom. The van der Waals surface area contributed by atoms with Gasteiger partial charge in [-0.05, 0) is 26.0 Å². The first kappa shape index (κ1) is 12.8. The molecule has 1 aromatic heterocycles. The summed E-state index contributed by atoms with van der Waals surface area (Å²) in [7, 11) is 0. The molecule has 3 nitrogen and oxygen atoms in total. The minimum absolute atomic E-state index is 0.109. The summed E-state index contributed by atoms with van der Waals surface area (Å²) in [6.07, 6.45) is 1.95. The van der Waals surface area contributed by atoms with Crippen LogP contribution in [0.3, 0.4) is 0 Å². The van der Waals surface area contributed by atoms with Crippen LogP contribution in [0.1, 0.15) is 31.1 Å². The van der Waals surface area contributed by atoms with Gasteiger partial charge in [0.15, 0.2) is 0 Å². The second kappa shape index (κ2) is 5.78. The molecule has 2 rings (SSSR count). The fourth-order valence-electron chi connectivity index (χ4n) is 1.79. The Bertz CT molecular complexity index is 507. The third-order valence-corrected chi connectivity index (χ3v) is 2.99. The van der Waals surface area contributed by atoms with Crippen molar-refractivity contribution in [1.82, 2.24) is 15.1 Å². The first-order valence-corrected chi connectivity index (χ1v) is 6.21. The summed E-state index contributed by atoms with van der Waals surface area (Å²) < 4.78 is 15.3. The van der Waals surface area contributed by atoms with E-state index in [-0.39, 0.29) is 11.9 Å². The van der Waals surface area contributed by atoms with Gasteiger partial charge in [-0.15, -0.1) is 0 Å². The van der Waals surface area contributed by atoms with E-state index in [1.54, 1.807) is 12.1 Å².